The van der Waals surface area contributed by atoms with Crippen LogP contribution in [0.2, 0.25) is 0 Å². The minimum Gasteiger partial charge on any atom is -0.497 e. The minimum atomic E-state index is -1.03. The zero-order valence-corrected chi connectivity index (χ0v) is 54.2. The van der Waals surface area contributed by atoms with Crippen LogP contribution >= 0.6 is 15.9 Å². The molecule has 0 amide bonds. The van der Waals surface area contributed by atoms with Gasteiger partial charge in [-0.3, -0.25) is 14.2 Å². The van der Waals surface area contributed by atoms with Crippen LogP contribution in [0.25, 0.3) is 33.1 Å². The molecule has 3 N–H and O–H groups in total. The molecule has 0 radical (unpaired) electrons. The molecule has 6 aromatic heterocycles. The van der Waals surface area contributed by atoms with Gasteiger partial charge in [0.15, 0.2) is 46.1 Å². The summed E-state index contributed by atoms with van der Waals surface area (Å²) in [4.78, 5) is 31.2. The molecule has 2 fully saturated rings. The van der Waals surface area contributed by atoms with Gasteiger partial charge in [-0.2, -0.15) is 25.6 Å². The molecule has 0 saturated heterocycles. The predicted molar refractivity (Wildman–Crippen MR) is 338 cm³/mol. The van der Waals surface area contributed by atoms with Crippen molar-refractivity contribution in [1.29, 1.82) is 0 Å². The molecule has 90 heavy (non-hydrogen) atoms. The number of nitrogens with one attached hydrogen (secondary N) is 2. The number of unbranched alkanes of at least 4 members (excludes halogenated alkanes) is 1. The number of methoxy groups -OCH3 is 6. The van der Waals surface area contributed by atoms with E-state index in [4.69, 9.17) is 58.6 Å². The van der Waals surface area contributed by atoms with Crippen LogP contribution in [-0.2, 0) is 36.6 Å². The third kappa shape index (κ3) is 15.5. The van der Waals surface area contributed by atoms with Crippen molar-refractivity contribution in [2.24, 2.45) is 0 Å². The molecule has 22 nitrogen and oxygen atoms in total. The first kappa shape index (κ1) is 67.8. The molecule has 6 heterocycles. The van der Waals surface area contributed by atoms with E-state index in [2.05, 4.69) is 57.5 Å². The van der Waals surface area contributed by atoms with Gasteiger partial charge in [-0.25, -0.2) is 28.7 Å². The molecule has 2 aliphatic carbocycles. The van der Waals surface area contributed by atoms with Crippen LogP contribution in [0.5, 0.6) is 34.5 Å². The van der Waals surface area contributed by atoms with Crippen LogP contribution < -0.4 is 57.9 Å². The van der Waals surface area contributed by atoms with Crippen molar-refractivity contribution in [1.82, 2.24) is 58.7 Å². The van der Waals surface area contributed by atoms with Gasteiger partial charge in [-0.15, -0.1) is 10.2 Å². The molecule has 2 saturated carbocycles. The number of carbonyl (C=O) groups is 1. The summed E-state index contributed by atoms with van der Waals surface area (Å²) in [7, 11) is 9.23. The van der Waals surface area contributed by atoms with Crippen molar-refractivity contribution in [2.45, 2.75) is 129 Å². The monoisotopic (exact) mass is 1290 g/mol. The average Bonchev–Trinajstić information content (AvgIpc) is 1.57. The second kappa shape index (κ2) is 31.1. The first-order chi connectivity index (χ1) is 43.1. The number of ketones is 1. The second-order valence-electron chi connectivity index (χ2n) is 21.5. The minimum absolute atomic E-state index is 0. The molecule has 26 heteroatoms. The first-order valence-corrected chi connectivity index (χ1v) is 30.4. The molecule has 3 unspecified atom stereocenters. The fourth-order valence-corrected chi connectivity index (χ4v) is 11.1. The Morgan fingerprint density at radius 3 is 1.58 bits per heavy atom. The number of aliphatic hydroxyl groups is 1. The second-order valence-corrected chi connectivity index (χ2v) is 22.4. The number of benzene rings is 4. The Morgan fingerprint density at radius 1 is 0.656 bits per heavy atom. The van der Waals surface area contributed by atoms with Crippen LogP contribution in [0, 0.1) is 18.6 Å². The molecule has 472 valence electrons. The Bertz CT molecular complexity index is 4070. The summed E-state index contributed by atoms with van der Waals surface area (Å²) in [6.45, 7) is 12.2. The van der Waals surface area contributed by atoms with Crippen molar-refractivity contribution in [3.8, 4) is 34.5 Å². The van der Waals surface area contributed by atoms with Gasteiger partial charge in [0, 0.05) is 115 Å². The summed E-state index contributed by atoms with van der Waals surface area (Å²) in [5.41, 5.74) is 3.50. The fraction of sp³-hybridized carbons (Fsp3) is 0.406. The molecule has 2 aliphatic rings. The maximum atomic E-state index is 14.9. The third-order valence-corrected chi connectivity index (χ3v) is 16.1. The number of carbonyl (C=O) groups excluding carboxylic acids is 1. The summed E-state index contributed by atoms with van der Waals surface area (Å²) >= 11 is 3.29. The van der Waals surface area contributed by atoms with Crippen molar-refractivity contribution in [3.63, 3.8) is 0 Å². The summed E-state index contributed by atoms with van der Waals surface area (Å²) in [5, 5.41) is 37.3. The van der Waals surface area contributed by atoms with E-state index in [1.807, 2.05) is 65.1 Å². The molecule has 4 aromatic carbocycles. The summed E-state index contributed by atoms with van der Waals surface area (Å²) in [6.07, 6.45) is 15.0. The zero-order chi connectivity index (χ0) is 63.4. The molecule has 0 aliphatic heterocycles. The number of nitrogens with zero attached hydrogens (tertiary/aromatic N) is 12. The average molecular weight is 1290 g/mol. The largest absolute Gasteiger partial charge is 1.00 e. The molecule has 3 atom stereocenters. The number of hydrogen-bond acceptors (Lipinski definition) is 18. The standard InChI is InChI=1S/C30H34FN7O4.C25H26FN5O4.C5H7BrN2.C4H9.Li/c1-5-37-17-20(16-33-37)30(39)10-6-7-18(14-30)27-35-28-22-12-23(31)26(42-4)13-24(22)34-29(38(28)36-27)32-15-19-8-9-21(40-2)11-25(19)41-3;1-33-17-8-7-15(21(10-17)34-2)13-27-25-28-20-12-22(35-3)19(26)11-18(20)24-29-23(30-31(24)25)14-5-4-6-16(32)9-14;1-2-8-4-5(6)3-7-8;1-3-4-2;/h8-9,11-13,16-18,39H,5-7,10,14-15H2,1-4H3,(H,32,34);7-8,10-12,14H,4-6,9,13H2,1-3H3,(H,27,28);3-4H,2H2,1H3;1,3-4H2,2H3;/q;;;-1;+1. The summed E-state index contributed by atoms with van der Waals surface area (Å²) < 4.78 is 69.4. The van der Waals surface area contributed by atoms with Gasteiger partial charge in [-0.05, 0) is 105 Å². The van der Waals surface area contributed by atoms with Crippen LogP contribution in [-0.4, -0.2) is 112 Å². The van der Waals surface area contributed by atoms with E-state index in [0.29, 0.717) is 118 Å². The van der Waals surface area contributed by atoms with Gasteiger partial charge < -0.3 is 51.1 Å². The number of ether oxygens (including phenoxy) is 6. The number of fused-ring (bicyclic) bond motifs is 6. The van der Waals surface area contributed by atoms with E-state index < -0.39 is 17.2 Å². The van der Waals surface area contributed by atoms with Gasteiger partial charge >= 0.3 is 18.9 Å². The Morgan fingerprint density at radius 2 is 1.14 bits per heavy atom. The van der Waals surface area contributed by atoms with E-state index in [9.17, 15) is 18.7 Å². The van der Waals surface area contributed by atoms with Crippen molar-refractivity contribution >= 4 is 66.7 Å². The Kier molecular flexibility index (Phi) is 23.4. The number of aryl methyl sites for hydroxylation is 2. The van der Waals surface area contributed by atoms with E-state index >= 15 is 0 Å². The number of halogens is 3. The van der Waals surface area contributed by atoms with Crippen molar-refractivity contribution < 1.29 is 66.0 Å². The molecule has 0 spiro atoms. The molecular formula is C64H76BrF2LiN14O8. The Balaban J connectivity index is 0.000000196. The Labute approximate surface area is 541 Å². The van der Waals surface area contributed by atoms with E-state index in [1.165, 1.54) is 32.8 Å². The number of hydrogen-bond donors (Lipinski definition) is 3. The summed E-state index contributed by atoms with van der Waals surface area (Å²) in [5.74, 6) is 3.90. The molecular weight excluding hydrogens is 1220 g/mol. The number of rotatable bonds is 18. The smallest absolute Gasteiger partial charge is 0.497 e. The third-order valence-electron chi connectivity index (χ3n) is 15.7. The number of Topliss-reactive ketones (excluding diaryl/α,β-unsaturated/α-hetero) is 1. The van der Waals surface area contributed by atoms with Crippen LogP contribution in [0.3, 0.4) is 0 Å². The maximum absolute atomic E-state index is 14.9. The van der Waals surface area contributed by atoms with E-state index in [-0.39, 0.29) is 48.0 Å². The normalized spacial score (nSPS) is 16.2. The van der Waals surface area contributed by atoms with E-state index in [0.717, 1.165) is 66.4 Å². The van der Waals surface area contributed by atoms with Crippen molar-refractivity contribution in [2.75, 3.05) is 53.3 Å². The molecule has 0 bridgehead atoms. The SMILES string of the molecule is CCn1cc(Br)cn1.CCn1cc(C2(O)CCCC(c3nc4c5cc(F)c(OC)cc5nc(NCc5ccc(OC)cc5OC)n4n3)C2)cn1.COc1ccc(CNc2nc3cc(OC)c(F)cc3c3nc(C4CCCC(=O)C4)nn23)c(OC)c1.[CH2-]CCC.[Li+]. The van der Waals surface area contributed by atoms with Gasteiger partial charge in [0.2, 0.25) is 11.9 Å². The predicted octanol–water partition coefficient (Wildman–Crippen LogP) is 9.39. The van der Waals surface area contributed by atoms with Crippen LogP contribution in [0.1, 0.15) is 125 Å². The topological polar surface area (TPSA) is 239 Å². The number of aromatic nitrogens is 12. The fourth-order valence-electron chi connectivity index (χ4n) is 10.8. The van der Waals surface area contributed by atoms with Gasteiger partial charge in [0.1, 0.15) is 28.8 Å². The van der Waals surface area contributed by atoms with Crippen molar-refractivity contribution in [3.05, 3.63) is 137 Å². The molecule has 12 rings (SSSR count). The van der Waals surface area contributed by atoms with Gasteiger partial charge in [0.25, 0.3) is 0 Å². The maximum Gasteiger partial charge on any atom is 1.00 e. The van der Waals surface area contributed by atoms with Crippen LogP contribution in [0.4, 0.5) is 20.7 Å². The quantitative estimate of drug-likeness (QED) is 0.0535. The van der Waals surface area contributed by atoms with E-state index in [1.54, 1.807) is 62.0 Å². The zero-order valence-electron chi connectivity index (χ0n) is 52.6. The van der Waals surface area contributed by atoms with Crippen LogP contribution in [0.15, 0.2) is 89.9 Å². The Hall–Kier alpha value is -8.11. The summed E-state index contributed by atoms with van der Waals surface area (Å²) in [6, 6.07) is 17.0. The number of anilines is 2. The first-order valence-electron chi connectivity index (χ1n) is 29.6. The van der Waals surface area contributed by atoms with Gasteiger partial charge in [-0.1, -0.05) is 13.3 Å². The van der Waals surface area contributed by atoms with Gasteiger partial charge in [0.05, 0.1) is 76.2 Å². The molecule has 10 aromatic rings.